The second-order valence-corrected chi connectivity index (χ2v) is 7.58. The number of hydrogen-bond donors (Lipinski definition) is 1. The highest BCUT2D eigenvalue weighted by Gasteiger charge is 2.17. The molecule has 0 aromatic heterocycles. The van der Waals surface area contributed by atoms with Gasteiger partial charge in [0.15, 0.2) is 0 Å². The van der Waals surface area contributed by atoms with Crippen LogP contribution in [0.25, 0.3) is 16.3 Å². The van der Waals surface area contributed by atoms with E-state index in [2.05, 4.69) is 0 Å². The van der Waals surface area contributed by atoms with Gasteiger partial charge in [0.25, 0.3) is 10.1 Å². The molecule has 0 aliphatic carbocycles. The first kappa shape index (κ1) is 19.9. The minimum atomic E-state index is -3.44. The summed E-state index contributed by atoms with van der Waals surface area (Å²) in [4.78, 5) is 12.2. The number of methoxy groups -OCH3 is 1. The topological polar surface area (TPSA) is 95.7 Å². The average Bonchev–Trinajstić information content (AvgIpc) is 2.60. The van der Waals surface area contributed by atoms with Crippen molar-refractivity contribution in [3.63, 3.8) is 0 Å². The van der Waals surface area contributed by atoms with Crippen LogP contribution in [0.2, 0.25) is 0 Å². The van der Waals surface area contributed by atoms with Crippen LogP contribution in [0.3, 0.4) is 0 Å². The van der Waals surface area contributed by atoms with Crippen LogP contribution in [0, 0.1) is 0 Å². The summed E-state index contributed by atoms with van der Waals surface area (Å²) in [6.45, 7) is 0.0929. The number of allylic oxidation sites excluding steroid dienone is 1. The van der Waals surface area contributed by atoms with Gasteiger partial charge in [0.2, 0.25) is 0 Å². The maximum atomic E-state index is 12.2. The smallest absolute Gasteiger partial charge is 0.340 e. The molecule has 0 atom stereocenters. The van der Waals surface area contributed by atoms with Crippen LogP contribution in [0.5, 0.6) is 0 Å². The molecule has 0 spiro atoms. The summed E-state index contributed by atoms with van der Waals surface area (Å²) in [5.74, 6) is -0.495. The molecule has 0 aliphatic rings. The number of esters is 1. The van der Waals surface area contributed by atoms with Crippen LogP contribution < -0.4 is 5.73 Å². The van der Waals surface area contributed by atoms with E-state index in [-0.39, 0.29) is 6.61 Å². The molecule has 0 radical (unpaired) electrons. The summed E-state index contributed by atoms with van der Waals surface area (Å²) in [6, 6.07) is 13.5. The fourth-order valence-corrected chi connectivity index (χ4v) is 3.05. The fourth-order valence-electron chi connectivity index (χ4n) is 2.63. The Kier molecular flexibility index (Phi) is 6.76. The maximum Gasteiger partial charge on any atom is 0.340 e. The largest absolute Gasteiger partial charge is 0.465 e. The highest BCUT2D eigenvalue weighted by Crippen LogP contribution is 2.25. The second kappa shape index (κ2) is 8.82. The second-order valence-electron chi connectivity index (χ2n) is 5.94. The molecule has 26 heavy (non-hydrogen) atoms. The van der Waals surface area contributed by atoms with E-state index in [1.807, 2.05) is 42.5 Å². The van der Waals surface area contributed by atoms with Crippen LogP contribution in [0.1, 0.15) is 24.8 Å². The SMILES string of the molecule is COC(=O)/C(=C(\N)CCCCOS(C)(=O)=O)c1ccc2ccccc2c1. The molecule has 2 aromatic rings. The van der Waals surface area contributed by atoms with Gasteiger partial charge in [-0.1, -0.05) is 36.4 Å². The summed E-state index contributed by atoms with van der Waals surface area (Å²) in [7, 11) is -2.12. The van der Waals surface area contributed by atoms with Crippen molar-refractivity contribution in [3.05, 3.63) is 53.7 Å². The van der Waals surface area contributed by atoms with Gasteiger partial charge >= 0.3 is 5.97 Å². The van der Waals surface area contributed by atoms with Crippen molar-refractivity contribution in [1.82, 2.24) is 0 Å². The summed E-state index contributed by atoms with van der Waals surface area (Å²) in [5, 5.41) is 2.07. The van der Waals surface area contributed by atoms with Gasteiger partial charge in [-0.25, -0.2) is 4.79 Å². The quantitative estimate of drug-likeness (QED) is 0.329. The van der Waals surface area contributed by atoms with Crippen molar-refractivity contribution in [1.29, 1.82) is 0 Å². The van der Waals surface area contributed by atoms with E-state index < -0.39 is 16.1 Å². The van der Waals surface area contributed by atoms with E-state index in [4.69, 9.17) is 14.7 Å². The number of nitrogens with two attached hydrogens (primary N) is 1. The van der Waals surface area contributed by atoms with Gasteiger partial charge in [-0.15, -0.1) is 0 Å². The molecule has 0 amide bonds. The average molecular weight is 377 g/mol. The Morgan fingerprint density at radius 1 is 1.08 bits per heavy atom. The number of carbonyl (C=O) groups is 1. The third-order valence-electron chi connectivity index (χ3n) is 3.89. The zero-order valence-electron chi connectivity index (χ0n) is 14.9. The minimum absolute atomic E-state index is 0.0929. The fraction of sp³-hybridized carbons (Fsp3) is 0.316. The van der Waals surface area contributed by atoms with Crippen LogP contribution in [-0.4, -0.2) is 34.4 Å². The van der Waals surface area contributed by atoms with Crippen LogP contribution in [0.15, 0.2) is 48.2 Å². The van der Waals surface area contributed by atoms with E-state index in [1.54, 1.807) is 0 Å². The molecule has 0 fully saturated rings. The maximum absolute atomic E-state index is 12.2. The van der Waals surface area contributed by atoms with Gasteiger partial charge in [0.05, 0.1) is 25.5 Å². The van der Waals surface area contributed by atoms with Crippen molar-refractivity contribution in [3.8, 4) is 0 Å². The summed E-state index contributed by atoms with van der Waals surface area (Å²) >= 11 is 0. The molecule has 6 nitrogen and oxygen atoms in total. The molecule has 2 aromatic carbocycles. The lowest BCUT2D eigenvalue weighted by molar-refractivity contribution is -0.133. The Balaban J connectivity index is 2.18. The summed E-state index contributed by atoms with van der Waals surface area (Å²) in [6.07, 6.45) is 2.55. The van der Waals surface area contributed by atoms with Gasteiger partial charge in [-0.2, -0.15) is 8.42 Å². The Bertz CT molecular complexity index is 918. The molecular weight excluding hydrogens is 354 g/mol. The van der Waals surface area contributed by atoms with Gasteiger partial charge in [0, 0.05) is 5.70 Å². The van der Waals surface area contributed by atoms with Gasteiger partial charge < -0.3 is 10.5 Å². The summed E-state index contributed by atoms with van der Waals surface area (Å²) in [5.41, 5.74) is 7.60. The van der Waals surface area contributed by atoms with Crippen LogP contribution in [-0.2, 0) is 23.8 Å². The predicted molar refractivity (Wildman–Crippen MR) is 102 cm³/mol. The molecule has 2 rings (SSSR count). The first-order valence-corrected chi connectivity index (χ1v) is 10.0. The van der Waals surface area contributed by atoms with E-state index in [9.17, 15) is 13.2 Å². The van der Waals surface area contributed by atoms with Crippen molar-refractivity contribution in [2.75, 3.05) is 20.0 Å². The monoisotopic (exact) mass is 377 g/mol. The number of hydrogen-bond acceptors (Lipinski definition) is 6. The molecule has 7 heteroatoms. The number of carbonyl (C=O) groups excluding carboxylic acids is 1. The summed E-state index contributed by atoms with van der Waals surface area (Å²) < 4.78 is 31.5. The number of benzene rings is 2. The molecule has 0 saturated heterocycles. The number of fused-ring (bicyclic) bond motifs is 1. The van der Waals surface area contributed by atoms with Crippen molar-refractivity contribution < 1.29 is 22.1 Å². The highest BCUT2D eigenvalue weighted by molar-refractivity contribution is 7.85. The molecule has 0 unspecified atom stereocenters. The van der Waals surface area contributed by atoms with Crippen LogP contribution in [0.4, 0.5) is 0 Å². The van der Waals surface area contributed by atoms with Crippen LogP contribution >= 0.6 is 0 Å². The Labute approximate surface area is 153 Å². The van der Waals surface area contributed by atoms with Crippen molar-refractivity contribution in [2.45, 2.75) is 19.3 Å². The Morgan fingerprint density at radius 2 is 1.77 bits per heavy atom. The number of rotatable bonds is 8. The zero-order valence-corrected chi connectivity index (χ0v) is 15.7. The highest BCUT2D eigenvalue weighted by atomic mass is 32.2. The van der Waals surface area contributed by atoms with E-state index in [1.165, 1.54) is 7.11 Å². The first-order valence-electron chi connectivity index (χ1n) is 8.22. The first-order chi connectivity index (χ1) is 12.3. The normalized spacial score (nSPS) is 12.7. The zero-order chi connectivity index (χ0) is 19.2. The lowest BCUT2D eigenvalue weighted by Crippen LogP contribution is -2.12. The third kappa shape index (κ3) is 5.57. The molecule has 2 N–H and O–H groups in total. The van der Waals surface area contributed by atoms with Gasteiger partial charge in [-0.05, 0) is 41.7 Å². The minimum Gasteiger partial charge on any atom is -0.465 e. The van der Waals surface area contributed by atoms with E-state index in [0.29, 0.717) is 36.1 Å². The number of unbranched alkanes of at least 4 members (excludes halogenated alkanes) is 1. The van der Waals surface area contributed by atoms with Crippen molar-refractivity contribution in [2.24, 2.45) is 5.73 Å². The predicted octanol–water partition coefficient (Wildman–Crippen LogP) is 2.83. The standard InChI is InChI=1S/C19H23NO5S/c1-24-19(21)18(17(20)9-5-6-12-25-26(2,22)23)16-11-10-14-7-3-4-8-15(14)13-16/h3-4,7-8,10-11,13H,5-6,9,12,20H2,1-2H3/b18-17-. The Morgan fingerprint density at radius 3 is 2.42 bits per heavy atom. The van der Waals surface area contributed by atoms with E-state index >= 15 is 0 Å². The molecule has 0 saturated carbocycles. The van der Waals surface area contributed by atoms with Crippen molar-refractivity contribution >= 4 is 32.4 Å². The molecule has 0 aliphatic heterocycles. The Hall–Kier alpha value is -2.38. The lowest BCUT2D eigenvalue weighted by Gasteiger charge is -2.12. The molecule has 140 valence electrons. The third-order valence-corrected chi connectivity index (χ3v) is 4.48. The van der Waals surface area contributed by atoms with Gasteiger partial charge in [0.1, 0.15) is 0 Å². The number of ether oxygens (including phenoxy) is 1. The molecule has 0 bridgehead atoms. The van der Waals surface area contributed by atoms with E-state index in [0.717, 1.165) is 17.0 Å². The molecular formula is C19H23NO5S. The van der Waals surface area contributed by atoms with Gasteiger partial charge in [-0.3, -0.25) is 4.18 Å². The molecule has 0 heterocycles. The lowest BCUT2D eigenvalue weighted by atomic mass is 9.98.